The second kappa shape index (κ2) is 5.47. The first kappa shape index (κ1) is 9.69. The summed E-state index contributed by atoms with van der Waals surface area (Å²) < 4.78 is 4.44. The number of rotatable bonds is 4. The Balaban J connectivity index is 3.78. The Labute approximate surface area is 66.9 Å². The summed E-state index contributed by atoms with van der Waals surface area (Å²) in [6, 6.07) is 0. The first-order valence-electron chi connectivity index (χ1n) is 3.26. The van der Waals surface area contributed by atoms with Crippen LogP contribution in [-0.4, -0.2) is 13.1 Å². The molecule has 0 atom stereocenters. The summed E-state index contributed by atoms with van der Waals surface area (Å²) in [7, 11) is 1.34. The third-order valence-electron chi connectivity index (χ3n) is 1.11. The summed E-state index contributed by atoms with van der Waals surface area (Å²) >= 11 is 0. The number of carbonyl (C=O) groups excluding carboxylic acids is 1. The third-order valence-corrected chi connectivity index (χ3v) is 1.11. The second-order valence-corrected chi connectivity index (χ2v) is 1.96. The molecule has 0 unspecified atom stereocenters. The van der Waals surface area contributed by atoms with Crippen molar-refractivity contribution in [1.29, 1.82) is 0 Å². The lowest BCUT2D eigenvalue weighted by atomic mass is 10.2. The van der Waals surface area contributed by atoms with E-state index in [2.05, 4.69) is 17.9 Å². The van der Waals surface area contributed by atoms with E-state index in [4.69, 9.17) is 0 Å². The lowest BCUT2D eigenvalue weighted by Gasteiger charge is -1.97. The summed E-state index contributed by atoms with van der Waals surface area (Å²) in [6.07, 6.45) is 5.71. The molecule has 0 spiro atoms. The standard InChI is InChI=1S/C9H12O2/c1-4-5-6-7-8(2)9(10)11-3/h4-6H,1-2,7H2,3H3. The molecule has 0 aliphatic heterocycles. The van der Waals surface area contributed by atoms with Crippen LogP contribution in [0.4, 0.5) is 0 Å². The molecule has 0 saturated carbocycles. The van der Waals surface area contributed by atoms with E-state index < -0.39 is 0 Å². The van der Waals surface area contributed by atoms with Gasteiger partial charge in [0.1, 0.15) is 0 Å². The Bertz CT molecular complexity index is 190. The van der Waals surface area contributed by atoms with Crippen molar-refractivity contribution in [2.24, 2.45) is 0 Å². The highest BCUT2D eigenvalue weighted by Crippen LogP contribution is 2.00. The van der Waals surface area contributed by atoms with E-state index in [1.165, 1.54) is 7.11 Å². The average Bonchev–Trinajstić information content (AvgIpc) is 2.03. The first-order chi connectivity index (χ1) is 5.22. The van der Waals surface area contributed by atoms with Gasteiger partial charge in [0.2, 0.25) is 0 Å². The lowest BCUT2D eigenvalue weighted by molar-refractivity contribution is -0.136. The van der Waals surface area contributed by atoms with Crippen molar-refractivity contribution in [3.63, 3.8) is 0 Å². The summed E-state index contributed by atoms with van der Waals surface area (Å²) in [5.74, 6) is -0.362. The zero-order valence-electron chi connectivity index (χ0n) is 6.67. The minimum Gasteiger partial charge on any atom is -0.466 e. The Hall–Kier alpha value is -1.31. The van der Waals surface area contributed by atoms with Crippen LogP contribution in [0.5, 0.6) is 0 Å². The van der Waals surface area contributed by atoms with E-state index in [1.807, 2.05) is 0 Å². The molecule has 0 aromatic rings. The van der Waals surface area contributed by atoms with Crippen molar-refractivity contribution < 1.29 is 9.53 Å². The monoisotopic (exact) mass is 152 g/mol. The van der Waals surface area contributed by atoms with Crippen LogP contribution in [0.2, 0.25) is 0 Å². The van der Waals surface area contributed by atoms with Gasteiger partial charge in [-0.3, -0.25) is 0 Å². The molecular formula is C9H12O2. The summed E-state index contributed by atoms with van der Waals surface area (Å²) in [4.78, 5) is 10.7. The summed E-state index contributed by atoms with van der Waals surface area (Å²) in [5, 5.41) is 0. The molecule has 60 valence electrons. The third kappa shape index (κ3) is 4.14. The molecule has 0 aliphatic rings. The second-order valence-electron chi connectivity index (χ2n) is 1.96. The van der Waals surface area contributed by atoms with Crippen molar-refractivity contribution >= 4 is 5.97 Å². The predicted octanol–water partition coefficient (Wildman–Crippen LogP) is 1.85. The number of hydrogen-bond acceptors (Lipinski definition) is 2. The molecule has 0 N–H and O–H groups in total. The maximum absolute atomic E-state index is 10.7. The van der Waals surface area contributed by atoms with Gasteiger partial charge in [-0.05, 0) is 6.42 Å². The Morgan fingerprint density at radius 1 is 1.64 bits per heavy atom. The topological polar surface area (TPSA) is 26.3 Å². The van der Waals surface area contributed by atoms with Gasteiger partial charge in [-0.2, -0.15) is 0 Å². The van der Waals surface area contributed by atoms with Gasteiger partial charge in [-0.1, -0.05) is 31.4 Å². The van der Waals surface area contributed by atoms with E-state index in [0.717, 1.165) is 0 Å². The van der Waals surface area contributed by atoms with E-state index in [0.29, 0.717) is 12.0 Å². The number of allylic oxidation sites excluding steroid dienone is 3. The van der Waals surface area contributed by atoms with Crippen molar-refractivity contribution in [3.8, 4) is 0 Å². The van der Waals surface area contributed by atoms with E-state index in [1.54, 1.807) is 18.2 Å². The molecule has 0 radical (unpaired) electrons. The molecule has 2 heteroatoms. The molecule has 0 aromatic carbocycles. The number of carbonyl (C=O) groups is 1. The molecule has 0 saturated heterocycles. The predicted molar refractivity (Wildman–Crippen MR) is 45.1 cm³/mol. The average molecular weight is 152 g/mol. The lowest BCUT2D eigenvalue weighted by Crippen LogP contribution is -2.02. The molecule has 0 aliphatic carbocycles. The highest BCUT2D eigenvalue weighted by molar-refractivity contribution is 5.87. The summed E-state index contributed by atoms with van der Waals surface area (Å²) in [5.41, 5.74) is 0.450. The Morgan fingerprint density at radius 3 is 2.73 bits per heavy atom. The van der Waals surface area contributed by atoms with Crippen LogP contribution in [0.15, 0.2) is 37.0 Å². The van der Waals surface area contributed by atoms with Crippen LogP contribution in [0.1, 0.15) is 6.42 Å². The van der Waals surface area contributed by atoms with Gasteiger partial charge in [0, 0.05) is 5.57 Å². The normalized spacial score (nSPS) is 9.55. The quantitative estimate of drug-likeness (QED) is 0.349. The van der Waals surface area contributed by atoms with Crippen LogP contribution >= 0.6 is 0 Å². The fraction of sp³-hybridized carbons (Fsp3) is 0.222. The number of methoxy groups -OCH3 is 1. The summed E-state index contributed by atoms with van der Waals surface area (Å²) in [6.45, 7) is 7.03. The maximum Gasteiger partial charge on any atom is 0.333 e. The van der Waals surface area contributed by atoms with Gasteiger partial charge in [-0.15, -0.1) is 0 Å². The SMILES string of the molecule is C=CC=CCC(=C)C(=O)OC. The maximum atomic E-state index is 10.7. The van der Waals surface area contributed by atoms with Crippen molar-refractivity contribution in [2.45, 2.75) is 6.42 Å². The van der Waals surface area contributed by atoms with Crippen LogP contribution < -0.4 is 0 Å². The highest BCUT2D eigenvalue weighted by atomic mass is 16.5. The van der Waals surface area contributed by atoms with Crippen LogP contribution in [-0.2, 0) is 9.53 Å². The molecule has 0 amide bonds. The van der Waals surface area contributed by atoms with Crippen LogP contribution in [0.25, 0.3) is 0 Å². The van der Waals surface area contributed by atoms with Crippen LogP contribution in [0, 0.1) is 0 Å². The minimum absolute atomic E-state index is 0.362. The molecule has 11 heavy (non-hydrogen) atoms. The fourth-order valence-electron chi connectivity index (χ4n) is 0.534. The number of ether oxygens (including phenoxy) is 1. The van der Waals surface area contributed by atoms with Crippen LogP contribution in [0.3, 0.4) is 0 Å². The molecule has 0 heterocycles. The Morgan fingerprint density at radius 2 is 2.27 bits per heavy atom. The molecule has 0 bridgehead atoms. The van der Waals surface area contributed by atoms with E-state index >= 15 is 0 Å². The van der Waals surface area contributed by atoms with E-state index in [9.17, 15) is 4.79 Å². The molecule has 0 fully saturated rings. The van der Waals surface area contributed by atoms with E-state index in [-0.39, 0.29) is 5.97 Å². The largest absolute Gasteiger partial charge is 0.466 e. The minimum atomic E-state index is -0.362. The highest BCUT2D eigenvalue weighted by Gasteiger charge is 2.02. The molecule has 2 nitrogen and oxygen atoms in total. The van der Waals surface area contributed by atoms with Gasteiger partial charge in [0.25, 0.3) is 0 Å². The van der Waals surface area contributed by atoms with Gasteiger partial charge in [0.15, 0.2) is 0 Å². The van der Waals surface area contributed by atoms with Crippen molar-refractivity contribution in [3.05, 3.63) is 37.0 Å². The van der Waals surface area contributed by atoms with Gasteiger partial charge >= 0.3 is 5.97 Å². The van der Waals surface area contributed by atoms with Gasteiger partial charge in [-0.25, -0.2) is 4.79 Å². The fourth-order valence-corrected chi connectivity index (χ4v) is 0.534. The Kier molecular flexibility index (Phi) is 4.82. The first-order valence-corrected chi connectivity index (χ1v) is 3.26. The smallest absolute Gasteiger partial charge is 0.333 e. The number of esters is 1. The van der Waals surface area contributed by atoms with Gasteiger partial charge < -0.3 is 4.74 Å². The van der Waals surface area contributed by atoms with Gasteiger partial charge in [0.05, 0.1) is 7.11 Å². The molecular weight excluding hydrogens is 140 g/mol. The zero-order chi connectivity index (χ0) is 8.69. The number of hydrogen-bond donors (Lipinski definition) is 0. The van der Waals surface area contributed by atoms with Crippen molar-refractivity contribution in [1.82, 2.24) is 0 Å². The zero-order valence-corrected chi connectivity index (χ0v) is 6.67. The van der Waals surface area contributed by atoms with Crippen molar-refractivity contribution in [2.75, 3.05) is 7.11 Å². The molecule has 0 rings (SSSR count). The molecule has 0 aromatic heterocycles.